The van der Waals surface area contributed by atoms with Crippen LogP contribution in [0.5, 0.6) is 0 Å². The van der Waals surface area contributed by atoms with Gasteiger partial charge in [0.1, 0.15) is 0 Å². The van der Waals surface area contributed by atoms with Gasteiger partial charge in [-0.25, -0.2) is 0 Å². The summed E-state index contributed by atoms with van der Waals surface area (Å²) in [5, 5.41) is 0. The van der Waals surface area contributed by atoms with E-state index in [9.17, 15) is 4.79 Å². The highest BCUT2D eigenvalue weighted by Gasteiger charge is 2.31. The maximum atomic E-state index is 11.9. The van der Waals surface area contributed by atoms with Crippen molar-refractivity contribution in [3.8, 4) is 0 Å². The van der Waals surface area contributed by atoms with Crippen molar-refractivity contribution < 1.29 is 9.53 Å². The summed E-state index contributed by atoms with van der Waals surface area (Å²) in [6, 6.07) is 8.60. The zero-order valence-electron chi connectivity index (χ0n) is 11.3. The molecule has 0 radical (unpaired) electrons. The van der Waals surface area contributed by atoms with Crippen molar-refractivity contribution in [2.45, 2.75) is 44.9 Å². The first-order chi connectivity index (χ1) is 8.72. The third-order valence-corrected chi connectivity index (χ3v) is 4.03. The molecule has 0 N–H and O–H groups in total. The smallest absolute Gasteiger partial charge is 0.309 e. The second-order valence-electron chi connectivity index (χ2n) is 5.28. The van der Waals surface area contributed by atoms with Crippen LogP contribution < -0.4 is 0 Å². The number of esters is 1. The third kappa shape index (κ3) is 2.92. The highest BCUT2D eigenvalue weighted by molar-refractivity contribution is 5.73. The number of carbonyl (C=O) groups is 1. The molecule has 1 aromatic carbocycles. The number of ether oxygens (including phenoxy) is 1. The molecule has 98 valence electrons. The second-order valence-corrected chi connectivity index (χ2v) is 5.28. The van der Waals surface area contributed by atoms with E-state index in [1.165, 1.54) is 31.1 Å². The zero-order chi connectivity index (χ0) is 13.0. The Kier molecular flexibility index (Phi) is 4.40. The van der Waals surface area contributed by atoms with E-state index >= 15 is 0 Å². The monoisotopic (exact) mass is 246 g/mol. The Hall–Kier alpha value is -1.31. The number of carbonyl (C=O) groups excluding carboxylic acids is 1. The van der Waals surface area contributed by atoms with E-state index in [-0.39, 0.29) is 11.9 Å². The average molecular weight is 246 g/mol. The van der Waals surface area contributed by atoms with Gasteiger partial charge < -0.3 is 4.74 Å². The Bertz CT molecular complexity index is 394. The van der Waals surface area contributed by atoms with Crippen molar-refractivity contribution in [1.29, 1.82) is 0 Å². The van der Waals surface area contributed by atoms with E-state index < -0.39 is 0 Å². The van der Waals surface area contributed by atoms with Crippen LogP contribution in [0.15, 0.2) is 24.3 Å². The molecule has 18 heavy (non-hydrogen) atoms. The Balaban J connectivity index is 2.24. The van der Waals surface area contributed by atoms with Crippen molar-refractivity contribution in [1.82, 2.24) is 0 Å². The van der Waals surface area contributed by atoms with Gasteiger partial charge in [0.25, 0.3) is 0 Å². The van der Waals surface area contributed by atoms with Crippen LogP contribution in [0.1, 0.15) is 49.1 Å². The third-order valence-electron chi connectivity index (χ3n) is 4.03. The van der Waals surface area contributed by atoms with Crippen molar-refractivity contribution in [2.75, 3.05) is 7.11 Å². The van der Waals surface area contributed by atoms with Crippen LogP contribution in [0.25, 0.3) is 0 Å². The first kappa shape index (κ1) is 13.1. The summed E-state index contributed by atoms with van der Waals surface area (Å²) in [5.74, 6) is 0.336. The fraction of sp³-hybridized carbons (Fsp3) is 0.562. The summed E-state index contributed by atoms with van der Waals surface area (Å²) >= 11 is 0. The number of rotatable bonds is 2. The summed E-state index contributed by atoms with van der Waals surface area (Å²) in [6.07, 6.45) is 5.65. The molecule has 2 unspecified atom stereocenters. The Morgan fingerprint density at radius 1 is 1.11 bits per heavy atom. The van der Waals surface area contributed by atoms with Crippen LogP contribution in [0.2, 0.25) is 0 Å². The van der Waals surface area contributed by atoms with Crippen LogP contribution >= 0.6 is 0 Å². The first-order valence-electron chi connectivity index (χ1n) is 6.87. The van der Waals surface area contributed by atoms with Crippen LogP contribution in [-0.2, 0) is 9.53 Å². The molecule has 1 aliphatic rings. The lowest BCUT2D eigenvalue weighted by Gasteiger charge is -2.23. The number of benzene rings is 1. The van der Waals surface area contributed by atoms with Gasteiger partial charge in [0.05, 0.1) is 13.0 Å². The highest BCUT2D eigenvalue weighted by atomic mass is 16.5. The van der Waals surface area contributed by atoms with Gasteiger partial charge in [0, 0.05) is 0 Å². The molecule has 0 amide bonds. The van der Waals surface area contributed by atoms with Crippen molar-refractivity contribution in [3.05, 3.63) is 35.4 Å². The molecule has 2 atom stereocenters. The molecule has 0 heterocycles. The van der Waals surface area contributed by atoms with E-state index in [0.717, 1.165) is 19.3 Å². The molecular formula is C16H22O2. The van der Waals surface area contributed by atoms with Crippen LogP contribution in [0, 0.1) is 12.8 Å². The highest BCUT2D eigenvalue weighted by Crippen LogP contribution is 2.37. The van der Waals surface area contributed by atoms with Crippen LogP contribution in [-0.4, -0.2) is 13.1 Å². The number of hydrogen-bond acceptors (Lipinski definition) is 2. The van der Waals surface area contributed by atoms with Crippen molar-refractivity contribution in [2.24, 2.45) is 5.92 Å². The van der Waals surface area contributed by atoms with Gasteiger partial charge >= 0.3 is 5.97 Å². The maximum Gasteiger partial charge on any atom is 0.309 e. The molecule has 0 bridgehead atoms. The van der Waals surface area contributed by atoms with E-state index in [4.69, 9.17) is 4.74 Å². The topological polar surface area (TPSA) is 26.3 Å². The second kappa shape index (κ2) is 6.03. The van der Waals surface area contributed by atoms with Crippen LogP contribution in [0.3, 0.4) is 0 Å². The maximum absolute atomic E-state index is 11.9. The van der Waals surface area contributed by atoms with E-state index in [0.29, 0.717) is 5.92 Å². The molecule has 0 aromatic heterocycles. The van der Waals surface area contributed by atoms with Gasteiger partial charge in [0.15, 0.2) is 0 Å². The number of hydrogen-bond donors (Lipinski definition) is 0. The zero-order valence-corrected chi connectivity index (χ0v) is 11.3. The van der Waals surface area contributed by atoms with Gasteiger partial charge in [-0.15, -0.1) is 0 Å². The largest absolute Gasteiger partial charge is 0.469 e. The lowest BCUT2D eigenvalue weighted by Crippen LogP contribution is -2.22. The Morgan fingerprint density at radius 2 is 1.78 bits per heavy atom. The molecule has 0 saturated heterocycles. The summed E-state index contributed by atoms with van der Waals surface area (Å²) < 4.78 is 4.98. The van der Waals surface area contributed by atoms with E-state index in [2.05, 4.69) is 31.2 Å². The minimum atomic E-state index is -0.0394. The Morgan fingerprint density at radius 3 is 2.44 bits per heavy atom. The minimum Gasteiger partial charge on any atom is -0.469 e. The fourth-order valence-electron chi connectivity index (χ4n) is 2.95. The van der Waals surface area contributed by atoms with Gasteiger partial charge in [0.2, 0.25) is 0 Å². The molecule has 1 aromatic rings. The van der Waals surface area contributed by atoms with Gasteiger partial charge in [-0.05, 0) is 31.2 Å². The van der Waals surface area contributed by atoms with Gasteiger partial charge in [-0.1, -0.05) is 49.1 Å². The van der Waals surface area contributed by atoms with Crippen LogP contribution in [0.4, 0.5) is 0 Å². The average Bonchev–Trinajstić information content (AvgIpc) is 2.64. The summed E-state index contributed by atoms with van der Waals surface area (Å²) in [7, 11) is 1.50. The first-order valence-corrected chi connectivity index (χ1v) is 6.87. The summed E-state index contributed by atoms with van der Waals surface area (Å²) in [6.45, 7) is 2.09. The molecule has 1 saturated carbocycles. The summed E-state index contributed by atoms with van der Waals surface area (Å²) in [5.41, 5.74) is 2.56. The molecule has 1 fully saturated rings. The molecule has 0 spiro atoms. The molecule has 1 aliphatic carbocycles. The Labute approximate surface area is 109 Å². The normalized spacial score (nSPS) is 24.3. The quantitative estimate of drug-likeness (QED) is 0.585. The predicted octanol–water partition coefficient (Wildman–Crippen LogP) is 3.83. The van der Waals surface area contributed by atoms with Crippen molar-refractivity contribution >= 4 is 5.97 Å². The SMILES string of the molecule is COC(=O)C1CCCCCC1c1ccc(C)cc1. The van der Waals surface area contributed by atoms with E-state index in [1.54, 1.807) is 0 Å². The van der Waals surface area contributed by atoms with Gasteiger partial charge in [-0.2, -0.15) is 0 Å². The number of aryl methyl sites for hydroxylation is 1. The molecule has 2 heteroatoms. The number of methoxy groups -OCH3 is 1. The fourth-order valence-corrected chi connectivity index (χ4v) is 2.95. The minimum absolute atomic E-state index is 0.0394. The lowest BCUT2D eigenvalue weighted by atomic mass is 9.82. The van der Waals surface area contributed by atoms with Crippen molar-refractivity contribution in [3.63, 3.8) is 0 Å². The predicted molar refractivity (Wildman–Crippen MR) is 72.5 cm³/mol. The van der Waals surface area contributed by atoms with Gasteiger partial charge in [-0.3, -0.25) is 4.79 Å². The molecule has 2 rings (SSSR count). The standard InChI is InChI=1S/C16H22O2/c1-12-8-10-13(11-9-12)14-6-4-3-5-7-15(14)16(17)18-2/h8-11,14-15H,3-7H2,1-2H3. The molecular weight excluding hydrogens is 224 g/mol. The van der Waals surface area contributed by atoms with E-state index in [1.807, 2.05) is 0 Å². The lowest BCUT2D eigenvalue weighted by molar-refractivity contribution is -0.146. The molecule has 0 aliphatic heterocycles. The molecule has 2 nitrogen and oxygen atoms in total. The summed E-state index contributed by atoms with van der Waals surface area (Å²) in [4.78, 5) is 11.9.